The van der Waals surface area contributed by atoms with Crippen molar-refractivity contribution in [3.8, 4) is 22.6 Å². The van der Waals surface area contributed by atoms with Gasteiger partial charge in [-0.1, -0.05) is 41.9 Å². The summed E-state index contributed by atoms with van der Waals surface area (Å²) in [7, 11) is 3.14. The van der Waals surface area contributed by atoms with E-state index in [1.54, 1.807) is 26.4 Å². The van der Waals surface area contributed by atoms with Gasteiger partial charge in [0.25, 0.3) is 5.91 Å². The van der Waals surface area contributed by atoms with Gasteiger partial charge in [-0.2, -0.15) is 0 Å². The van der Waals surface area contributed by atoms with E-state index < -0.39 is 29.3 Å². The summed E-state index contributed by atoms with van der Waals surface area (Å²) in [5.74, 6) is -1.78. The second kappa shape index (κ2) is 12.6. The van der Waals surface area contributed by atoms with E-state index in [1.807, 2.05) is 38.1 Å². The molecule has 0 aliphatic heterocycles. The Hall–Kier alpha value is -3.62. The second-order valence-electron chi connectivity index (χ2n) is 8.60. The Bertz CT molecular complexity index is 1220. The van der Waals surface area contributed by atoms with Gasteiger partial charge in [-0.15, -0.1) is 0 Å². The number of carboxylic acid groups (broad SMARTS) is 1. The highest BCUT2D eigenvalue weighted by atomic mass is 35.5. The minimum Gasteiger partial charge on any atom is -0.496 e. The Morgan fingerprint density at radius 1 is 1.00 bits per heavy atom. The molecule has 0 aromatic heterocycles. The Morgan fingerprint density at radius 2 is 1.62 bits per heavy atom. The van der Waals surface area contributed by atoms with Crippen LogP contribution in [0.3, 0.4) is 0 Å². The lowest BCUT2D eigenvalue weighted by Gasteiger charge is -2.18. The molecule has 7 nitrogen and oxygen atoms in total. The molecule has 0 heterocycles. The van der Waals surface area contributed by atoms with E-state index in [4.69, 9.17) is 25.8 Å². The quantitative estimate of drug-likeness (QED) is 0.340. The van der Waals surface area contributed by atoms with E-state index in [1.165, 1.54) is 12.1 Å². The van der Waals surface area contributed by atoms with Crippen LogP contribution in [0.5, 0.6) is 11.5 Å². The van der Waals surface area contributed by atoms with Crippen LogP contribution in [0.1, 0.15) is 35.3 Å². The van der Waals surface area contributed by atoms with Crippen molar-refractivity contribution < 1.29 is 33.3 Å². The lowest BCUT2D eigenvalue weighted by atomic mass is 9.98. The van der Waals surface area contributed by atoms with Crippen molar-refractivity contribution >= 4 is 23.5 Å². The number of rotatable bonds is 11. The number of nitrogens with one attached hydrogen (secondary N) is 1. The highest BCUT2D eigenvalue weighted by Crippen LogP contribution is 2.40. The highest BCUT2D eigenvalue weighted by molar-refractivity contribution is 6.33. The van der Waals surface area contributed by atoms with E-state index in [0.717, 1.165) is 22.8 Å². The fourth-order valence-corrected chi connectivity index (χ4v) is 4.03. The number of amides is 1. The van der Waals surface area contributed by atoms with Crippen LogP contribution in [-0.4, -0.2) is 43.3 Å². The predicted octanol–water partition coefficient (Wildman–Crippen LogP) is 5.51. The number of methoxy groups -OCH3 is 2. The fourth-order valence-electron chi connectivity index (χ4n) is 3.79. The third-order valence-electron chi connectivity index (χ3n) is 5.62. The van der Waals surface area contributed by atoms with Crippen LogP contribution in [0.25, 0.3) is 11.1 Å². The Labute approximate surface area is 220 Å². The van der Waals surface area contributed by atoms with Crippen molar-refractivity contribution in [3.63, 3.8) is 0 Å². The number of carbonyl (C=O) groups is 2. The molecule has 0 bridgehead atoms. The zero-order chi connectivity index (χ0) is 27.1. The lowest BCUT2D eigenvalue weighted by molar-refractivity contribution is -0.139. The van der Waals surface area contributed by atoms with Crippen LogP contribution < -0.4 is 14.8 Å². The summed E-state index contributed by atoms with van der Waals surface area (Å²) in [5.41, 5.74) is 2.69. The number of carboxylic acids is 1. The molecule has 2 N–H and O–H groups in total. The van der Waals surface area contributed by atoms with Crippen molar-refractivity contribution in [1.29, 1.82) is 0 Å². The summed E-state index contributed by atoms with van der Waals surface area (Å²) in [6.07, 6.45) is 0.0556. The maximum absolute atomic E-state index is 14.1. The Balaban J connectivity index is 1.83. The molecule has 196 valence electrons. The topological polar surface area (TPSA) is 94.1 Å². The molecule has 0 radical (unpaired) electrons. The standard InChI is InChI=1S/C28H29ClFNO6/c1-16(2)37-15-18-13-23(35-3)25(24(14-18)36-4)19-10-8-17(9-11-19)12-22(28(33)34)31-27(32)26-20(29)6-5-7-21(26)30/h5-11,13-14,16,22H,12,15H2,1-4H3,(H,31,32)(H,33,34)/t22-/m0/s1. The van der Waals surface area contributed by atoms with Gasteiger partial charge in [-0.3, -0.25) is 4.79 Å². The lowest BCUT2D eigenvalue weighted by Crippen LogP contribution is -2.42. The largest absolute Gasteiger partial charge is 0.496 e. The first-order valence-corrected chi connectivity index (χ1v) is 12.0. The number of aliphatic carboxylic acids is 1. The average molecular weight is 530 g/mol. The average Bonchev–Trinajstić information content (AvgIpc) is 2.86. The van der Waals surface area contributed by atoms with E-state index >= 15 is 0 Å². The predicted molar refractivity (Wildman–Crippen MR) is 139 cm³/mol. The van der Waals surface area contributed by atoms with Crippen molar-refractivity contribution in [2.75, 3.05) is 14.2 Å². The third kappa shape index (κ3) is 6.99. The van der Waals surface area contributed by atoms with Gasteiger partial charge in [0.05, 0.1) is 43.1 Å². The first kappa shape index (κ1) is 28.0. The van der Waals surface area contributed by atoms with Crippen molar-refractivity contribution in [2.45, 2.75) is 39.0 Å². The zero-order valence-corrected chi connectivity index (χ0v) is 21.8. The first-order chi connectivity index (χ1) is 17.6. The summed E-state index contributed by atoms with van der Waals surface area (Å²) in [6.45, 7) is 4.32. The summed E-state index contributed by atoms with van der Waals surface area (Å²) >= 11 is 5.94. The molecule has 0 aliphatic rings. The number of benzene rings is 3. The minimum atomic E-state index is -1.29. The molecule has 0 unspecified atom stereocenters. The molecule has 0 fully saturated rings. The molecule has 37 heavy (non-hydrogen) atoms. The van der Waals surface area contributed by atoms with Crippen LogP contribution in [0.4, 0.5) is 4.39 Å². The van der Waals surface area contributed by atoms with Crippen molar-refractivity contribution in [1.82, 2.24) is 5.32 Å². The summed E-state index contributed by atoms with van der Waals surface area (Å²) in [5, 5.41) is 11.9. The smallest absolute Gasteiger partial charge is 0.326 e. The molecule has 0 saturated carbocycles. The molecular formula is C28H29ClFNO6. The van der Waals surface area contributed by atoms with Gasteiger partial charge in [0.2, 0.25) is 0 Å². The van der Waals surface area contributed by atoms with Crippen molar-refractivity contribution in [2.24, 2.45) is 0 Å². The van der Waals surface area contributed by atoms with E-state index in [9.17, 15) is 19.1 Å². The minimum absolute atomic E-state index is 0.0207. The molecular weight excluding hydrogens is 501 g/mol. The number of hydrogen-bond acceptors (Lipinski definition) is 5. The highest BCUT2D eigenvalue weighted by Gasteiger charge is 2.24. The fraction of sp³-hybridized carbons (Fsp3) is 0.286. The van der Waals surface area contributed by atoms with Gasteiger partial charge in [-0.05, 0) is 54.8 Å². The Morgan fingerprint density at radius 3 is 2.14 bits per heavy atom. The van der Waals surface area contributed by atoms with Gasteiger partial charge in [0.1, 0.15) is 23.4 Å². The normalized spacial score (nSPS) is 11.8. The van der Waals surface area contributed by atoms with Gasteiger partial charge in [0.15, 0.2) is 0 Å². The van der Waals surface area contributed by atoms with E-state index in [-0.39, 0.29) is 17.5 Å². The number of ether oxygens (including phenoxy) is 3. The molecule has 3 aromatic rings. The van der Waals surface area contributed by atoms with Crippen LogP contribution in [0.2, 0.25) is 5.02 Å². The summed E-state index contributed by atoms with van der Waals surface area (Å²) < 4.78 is 31.0. The Kier molecular flexibility index (Phi) is 9.49. The maximum Gasteiger partial charge on any atom is 0.326 e. The maximum atomic E-state index is 14.1. The molecule has 0 spiro atoms. The monoisotopic (exact) mass is 529 g/mol. The van der Waals surface area contributed by atoms with Gasteiger partial charge in [0, 0.05) is 6.42 Å². The van der Waals surface area contributed by atoms with Gasteiger partial charge >= 0.3 is 5.97 Å². The molecule has 1 atom stereocenters. The van der Waals surface area contributed by atoms with E-state index in [0.29, 0.717) is 23.7 Å². The van der Waals surface area contributed by atoms with Crippen LogP contribution in [0, 0.1) is 5.82 Å². The molecule has 0 aliphatic carbocycles. The number of hydrogen-bond donors (Lipinski definition) is 2. The zero-order valence-electron chi connectivity index (χ0n) is 21.0. The molecule has 3 aromatic carbocycles. The van der Waals surface area contributed by atoms with Crippen LogP contribution >= 0.6 is 11.6 Å². The van der Waals surface area contributed by atoms with Crippen molar-refractivity contribution in [3.05, 3.63) is 82.1 Å². The number of carbonyl (C=O) groups excluding carboxylic acids is 1. The summed E-state index contributed by atoms with van der Waals surface area (Å²) in [6, 6.07) is 13.4. The first-order valence-electron chi connectivity index (χ1n) is 11.6. The van der Waals surface area contributed by atoms with Crippen LogP contribution in [-0.2, 0) is 22.6 Å². The molecule has 0 saturated heterocycles. The molecule has 9 heteroatoms. The molecule has 1 amide bonds. The van der Waals surface area contributed by atoms with E-state index in [2.05, 4.69) is 5.32 Å². The SMILES string of the molecule is COc1cc(COC(C)C)cc(OC)c1-c1ccc(C[C@H](NC(=O)c2c(F)cccc2Cl)C(=O)O)cc1. The third-order valence-corrected chi connectivity index (χ3v) is 5.94. The molecule has 3 rings (SSSR count). The summed E-state index contributed by atoms with van der Waals surface area (Å²) in [4.78, 5) is 24.4. The van der Waals surface area contributed by atoms with Gasteiger partial charge in [-0.25, -0.2) is 9.18 Å². The van der Waals surface area contributed by atoms with Gasteiger partial charge < -0.3 is 24.6 Å². The van der Waals surface area contributed by atoms with Crippen LogP contribution in [0.15, 0.2) is 54.6 Å². The number of halogens is 2. The second-order valence-corrected chi connectivity index (χ2v) is 9.00.